The second kappa shape index (κ2) is 12.7. The number of nitrogens with one attached hydrogen (secondary N) is 4. The lowest BCUT2D eigenvalue weighted by atomic mass is 10.0. The number of nitrogens with zero attached hydrogens (tertiary/aromatic N) is 1. The van der Waals surface area contributed by atoms with E-state index in [1.807, 2.05) is 0 Å². The van der Waals surface area contributed by atoms with Crippen LogP contribution in [0.15, 0.2) is 36.8 Å². The molecule has 0 radical (unpaired) electrons. The van der Waals surface area contributed by atoms with Crippen molar-refractivity contribution in [2.45, 2.75) is 37.4 Å². The number of hydrogen-bond acceptors (Lipinski definition) is 8. The number of phenols is 1. The normalized spacial score (nSPS) is 13.2. The van der Waals surface area contributed by atoms with Gasteiger partial charge in [0, 0.05) is 24.7 Å². The molecule has 0 spiro atoms. The third kappa shape index (κ3) is 8.77. The van der Waals surface area contributed by atoms with Gasteiger partial charge >= 0.3 is 5.97 Å². The Balaban J connectivity index is 2.16. The first-order chi connectivity index (χ1) is 16.6. The summed E-state index contributed by atoms with van der Waals surface area (Å²) in [4.78, 5) is 67.4. The molecule has 35 heavy (non-hydrogen) atoms. The Morgan fingerprint density at radius 1 is 0.943 bits per heavy atom. The summed E-state index contributed by atoms with van der Waals surface area (Å²) in [5.41, 5.74) is 11.5. The van der Waals surface area contributed by atoms with Crippen molar-refractivity contribution in [3.05, 3.63) is 48.0 Å². The van der Waals surface area contributed by atoms with E-state index in [1.165, 1.54) is 36.8 Å². The molecule has 2 aromatic rings. The number of aromatic hydroxyl groups is 1. The van der Waals surface area contributed by atoms with Crippen LogP contribution < -0.4 is 27.4 Å². The smallest absolute Gasteiger partial charge is 0.326 e. The fourth-order valence-electron chi connectivity index (χ4n) is 3.10. The van der Waals surface area contributed by atoms with E-state index in [2.05, 4.69) is 25.9 Å². The predicted molar refractivity (Wildman–Crippen MR) is 120 cm³/mol. The first-order valence-electron chi connectivity index (χ1n) is 10.5. The van der Waals surface area contributed by atoms with Crippen LogP contribution in [0.25, 0.3) is 0 Å². The second-order valence-corrected chi connectivity index (χ2v) is 7.61. The lowest BCUT2D eigenvalue weighted by Crippen LogP contribution is -2.57. The molecule has 14 nitrogen and oxygen atoms in total. The minimum atomic E-state index is -1.51. The van der Waals surface area contributed by atoms with Gasteiger partial charge in [-0.05, 0) is 17.7 Å². The first kappa shape index (κ1) is 26.8. The lowest BCUT2D eigenvalue weighted by molar-refractivity contribution is -0.142. The summed E-state index contributed by atoms with van der Waals surface area (Å²) >= 11 is 0. The fraction of sp³-hybridized carbons (Fsp3) is 0.333. The van der Waals surface area contributed by atoms with Crippen LogP contribution >= 0.6 is 0 Å². The van der Waals surface area contributed by atoms with Crippen LogP contribution in [0.4, 0.5) is 0 Å². The maximum atomic E-state index is 12.9. The Morgan fingerprint density at radius 3 is 2.11 bits per heavy atom. The topological polar surface area (TPSA) is 243 Å². The molecule has 0 aliphatic rings. The number of phenolic OH excluding ortho intramolecular Hbond substituents is 1. The molecule has 1 heterocycles. The Labute approximate surface area is 199 Å². The second-order valence-electron chi connectivity index (χ2n) is 7.61. The molecule has 4 amide bonds. The standard InChI is InChI=1S/C21H27N7O7/c22-8-18(31)26-14(6-12-9-24-10-25-12)19(32)27-15(7-17(23)30)20(33)28-16(21(34)35)5-11-1-3-13(29)4-2-11/h1-4,9-10,14-16,29H,5-8,22H2,(H2,23,30)(H,24,25)(H,26,31)(H,27,32)(H,28,33)(H,34,35). The first-order valence-corrected chi connectivity index (χ1v) is 10.5. The summed E-state index contributed by atoms with van der Waals surface area (Å²) in [5, 5.41) is 25.9. The maximum Gasteiger partial charge on any atom is 0.326 e. The monoisotopic (exact) mass is 489 g/mol. The molecule has 3 atom stereocenters. The molecule has 0 saturated carbocycles. The van der Waals surface area contributed by atoms with Crippen molar-refractivity contribution in [3.63, 3.8) is 0 Å². The third-order valence-electron chi connectivity index (χ3n) is 4.85. The van der Waals surface area contributed by atoms with E-state index in [0.29, 0.717) is 11.3 Å². The molecule has 3 unspecified atom stereocenters. The molecule has 0 aliphatic carbocycles. The number of nitrogens with two attached hydrogens (primary N) is 2. The minimum absolute atomic E-state index is 0.0136. The van der Waals surface area contributed by atoms with Crippen LogP contribution in [-0.2, 0) is 36.8 Å². The van der Waals surface area contributed by atoms with E-state index < -0.39 is 60.7 Å². The van der Waals surface area contributed by atoms with Gasteiger partial charge < -0.3 is 42.6 Å². The predicted octanol–water partition coefficient (Wildman–Crippen LogP) is -2.73. The Hall–Kier alpha value is -4.46. The van der Waals surface area contributed by atoms with Crippen molar-refractivity contribution in [2.24, 2.45) is 11.5 Å². The van der Waals surface area contributed by atoms with Crippen LogP contribution in [0.3, 0.4) is 0 Å². The highest BCUT2D eigenvalue weighted by molar-refractivity contribution is 5.95. The average molecular weight is 489 g/mol. The number of carbonyl (C=O) groups is 5. The summed E-state index contributed by atoms with van der Waals surface area (Å²) < 4.78 is 0. The van der Waals surface area contributed by atoms with Crippen LogP contribution in [0.1, 0.15) is 17.7 Å². The van der Waals surface area contributed by atoms with Gasteiger partial charge in [0.15, 0.2) is 0 Å². The zero-order chi connectivity index (χ0) is 26.0. The number of carboxylic acid groups (broad SMARTS) is 1. The van der Waals surface area contributed by atoms with Crippen LogP contribution in [0, 0.1) is 0 Å². The van der Waals surface area contributed by atoms with Gasteiger partial charge in [0.2, 0.25) is 23.6 Å². The number of imidazole rings is 1. The Morgan fingerprint density at radius 2 is 1.57 bits per heavy atom. The summed E-state index contributed by atoms with van der Waals surface area (Å²) in [7, 11) is 0. The zero-order valence-electron chi connectivity index (χ0n) is 18.6. The number of amides is 4. The number of rotatable bonds is 13. The molecule has 0 fully saturated rings. The number of primary amides is 1. The van der Waals surface area contributed by atoms with Crippen molar-refractivity contribution in [3.8, 4) is 5.75 Å². The molecule has 1 aromatic carbocycles. The SMILES string of the molecule is NCC(=O)NC(Cc1cnc[nH]1)C(=O)NC(CC(N)=O)C(=O)NC(Cc1ccc(O)cc1)C(=O)O. The largest absolute Gasteiger partial charge is 0.508 e. The van der Waals surface area contributed by atoms with E-state index in [9.17, 15) is 34.2 Å². The maximum absolute atomic E-state index is 12.9. The van der Waals surface area contributed by atoms with Gasteiger partial charge in [-0.3, -0.25) is 19.2 Å². The number of carboxylic acids is 1. The molecule has 2 rings (SSSR count). The summed E-state index contributed by atoms with van der Waals surface area (Å²) in [6.45, 7) is -0.393. The molecule has 14 heteroatoms. The molecule has 10 N–H and O–H groups in total. The summed E-state index contributed by atoms with van der Waals surface area (Å²) in [5.74, 6) is -4.72. The van der Waals surface area contributed by atoms with E-state index in [4.69, 9.17) is 11.5 Å². The van der Waals surface area contributed by atoms with Gasteiger partial charge in [-0.15, -0.1) is 0 Å². The number of carbonyl (C=O) groups excluding carboxylic acids is 4. The summed E-state index contributed by atoms with van der Waals surface area (Å²) in [6, 6.07) is 1.60. The molecule has 188 valence electrons. The number of benzene rings is 1. The number of aliphatic carboxylic acids is 1. The fourth-order valence-corrected chi connectivity index (χ4v) is 3.10. The van der Waals surface area contributed by atoms with Crippen LogP contribution in [0.2, 0.25) is 0 Å². The average Bonchev–Trinajstić information content (AvgIpc) is 3.31. The Kier molecular flexibility index (Phi) is 9.71. The minimum Gasteiger partial charge on any atom is -0.508 e. The van der Waals surface area contributed by atoms with E-state index in [1.54, 1.807) is 0 Å². The highest BCUT2D eigenvalue weighted by Crippen LogP contribution is 2.12. The number of aromatic nitrogens is 2. The molecule has 0 saturated heterocycles. The molecular formula is C21H27N7O7. The van der Waals surface area contributed by atoms with Crippen molar-refractivity contribution < 1.29 is 34.2 Å². The highest BCUT2D eigenvalue weighted by Gasteiger charge is 2.31. The molecule has 0 aliphatic heterocycles. The molecular weight excluding hydrogens is 462 g/mol. The quantitative estimate of drug-likeness (QED) is 0.145. The third-order valence-corrected chi connectivity index (χ3v) is 4.85. The van der Waals surface area contributed by atoms with Crippen LogP contribution in [-0.4, -0.2) is 74.4 Å². The van der Waals surface area contributed by atoms with E-state index in [-0.39, 0.29) is 18.6 Å². The van der Waals surface area contributed by atoms with Gasteiger partial charge in [0.05, 0.1) is 19.3 Å². The van der Waals surface area contributed by atoms with Gasteiger partial charge in [-0.2, -0.15) is 0 Å². The van der Waals surface area contributed by atoms with Crippen molar-refractivity contribution in [1.29, 1.82) is 0 Å². The molecule has 1 aromatic heterocycles. The van der Waals surface area contributed by atoms with Gasteiger partial charge in [0.1, 0.15) is 23.9 Å². The van der Waals surface area contributed by atoms with E-state index >= 15 is 0 Å². The van der Waals surface area contributed by atoms with E-state index in [0.717, 1.165) is 0 Å². The number of hydrogen-bond donors (Lipinski definition) is 8. The van der Waals surface area contributed by atoms with Crippen LogP contribution in [0.5, 0.6) is 5.75 Å². The van der Waals surface area contributed by atoms with Crippen molar-refractivity contribution in [2.75, 3.05) is 6.54 Å². The number of aromatic amines is 1. The Bertz CT molecular complexity index is 1040. The highest BCUT2D eigenvalue weighted by atomic mass is 16.4. The summed E-state index contributed by atoms with van der Waals surface area (Å²) in [6.07, 6.45) is 2.03. The number of H-pyrrole nitrogens is 1. The van der Waals surface area contributed by atoms with Crippen molar-refractivity contribution >= 4 is 29.6 Å². The van der Waals surface area contributed by atoms with Gasteiger partial charge in [0.25, 0.3) is 0 Å². The zero-order valence-corrected chi connectivity index (χ0v) is 18.6. The van der Waals surface area contributed by atoms with Gasteiger partial charge in [-0.1, -0.05) is 12.1 Å². The van der Waals surface area contributed by atoms with Gasteiger partial charge in [-0.25, -0.2) is 9.78 Å². The molecule has 0 bridgehead atoms. The van der Waals surface area contributed by atoms with Crippen molar-refractivity contribution in [1.82, 2.24) is 25.9 Å². The lowest BCUT2D eigenvalue weighted by Gasteiger charge is -2.24.